The predicted octanol–water partition coefficient (Wildman–Crippen LogP) is 2.79. The van der Waals surface area contributed by atoms with Gasteiger partial charge < -0.3 is 14.2 Å². The standard InChI is InChI=1S/C14H20O4/c1-14(2,3)13(15)18-9-10-11(16-4)7-6-8-12(10)17-5/h6-8H,9H2,1-5H3. The molecule has 0 fully saturated rings. The van der Waals surface area contributed by atoms with E-state index in [9.17, 15) is 4.79 Å². The summed E-state index contributed by atoms with van der Waals surface area (Å²) < 4.78 is 15.7. The van der Waals surface area contributed by atoms with Gasteiger partial charge in [0.05, 0.1) is 25.2 Å². The Morgan fingerprint density at radius 2 is 1.61 bits per heavy atom. The SMILES string of the molecule is COc1cccc(OC)c1COC(=O)C(C)(C)C. The summed E-state index contributed by atoms with van der Waals surface area (Å²) in [6, 6.07) is 5.44. The van der Waals surface area contributed by atoms with Gasteiger partial charge in [-0.2, -0.15) is 0 Å². The van der Waals surface area contributed by atoms with Crippen molar-refractivity contribution >= 4 is 5.97 Å². The van der Waals surface area contributed by atoms with E-state index in [4.69, 9.17) is 14.2 Å². The van der Waals surface area contributed by atoms with Crippen molar-refractivity contribution in [2.24, 2.45) is 5.41 Å². The van der Waals surface area contributed by atoms with Crippen LogP contribution in [0, 0.1) is 5.41 Å². The summed E-state index contributed by atoms with van der Waals surface area (Å²) in [5, 5.41) is 0. The molecule has 1 aromatic carbocycles. The molecule has 1 rings (SSSR count). The van der Waals surface area contributed by atoms with Crippen LogP contribution in [0.5, 0.6) is 11.5 Å². The van der Waals surface area contributed by atoms with Crippen LogP contribution in [0.1, 0.15) is 26.3 Å². The molecule has 0 atom stereocenters. The highest BCUT2D eigenvalue weighted by molar-refractivity contribution is 5.75. The maximum atomic E-state index is 11.7. The molecule has 0 N–H and O–H groups in total. The molecule has 4 heteroatoms. The zero-order chi connectivity index (χ0) is 13.8. The molecule has 4 nitrogen and oxygen atoms in total. The van der Waals surface area contributed by atoms with Crippen molar-refractivity contribution in [3.05, 3.63) is 23.8 Å². The third-order valence-corrected chi connectivity index (χ3v) is 2.49. The first-order chi connectivity index (χ1) is 8.40. The zero-order valence-corrected chi connectivity index (χ0v) is 11.6. The molecule has 0 aliphatic rings. The fraction of sp³-hybridized carbons (Fsp3) is 0.500. The van der Waals surface area contributed by atoms with Gasteiger partial charge in [0.15, 0.2) is 0 Å². The van der Waals surface area contributed by atoms with E-state index in [-0.39, 0.29) is 12.6 Å². The van der Waals surface area contributed by atoms with Gasteiger partial charge in [0.1, 0.15) is 18.1 Å². The molecular weight excluding hydrogens is 232 g/mol. The van der Waals surface area contributed by atoms with Gasteiger partial charge in [-0.15, -0.1) is 0 Å². The number of carbonyl (C=O) groups excluding carboxylic acids is 1. The fourth-order valence-corrected chi connectivity index (χ4v) is 1.42. The van der Waals surface area contributed by atoms with Gasteiger partial charge in [-0.1, -0.05) is 6.07 Å². The van der Waals surface area contributed by atoms with Crippen molar-refractivity contribution < 1.29 is 19.0 Å². The Bertz CT molecular complexity index is 396. The summed E-state index contributed by atoms with van der Waals surface area (Å²) in [5.74, 6) is 1.04. The van der Waals surface area contributed by atoms with Crippen LogP contribution in [0.3, 0.4) is 0 Å². The average Bonchev–Trinajstić information content (AvgIpc) is 2.34. The van der Waals surface area contributed by atoms with E-state index < -0.39 is 5.41 Å². The topological polar surface area (TPSA) is 44.8 Å². The van der Waals surface area contributed by atoms with Crippen molar-refractivity contribution in [1.29, 1.82) is 0 Å². The second-order valence-corrected chi connectivity index (χ2v) is 4.97. The molecule has 0 heterocycles. The van der Waals surface area contributed by atoms with E-state index in [1.54, 1.807) is 14.2 Å². The molecule has 0 aliphatic heterocycles. The van der Waals surface area contributed by atoms with E-state index in [1.165, 1.54) is 0 Å². The first-order valence-electron chi connectivity index (χ1n) is 5.77. The highest BCUT2D eigenvalue weighted by Gasteiger charge is 2.24. The van der Waals surface area contributed by atoms with Crippen LogP contribution < -0.4 is 9.47 Å². The number of hydrogen-bond donors (Lipinski definition) is 0. The molecule has 0 spiro atoms. The van der Waals surface area contributed by atoms with Crippen LogP contribution in [0.15, 0.2) is 18.2 Å². The molecule has 0 saturated carbocycles. The number of hydrogen-bond acceptors (Lipinski definition) is 4. The van der Waals surface area contributed by atoms with E-state index in [2.05, 4.69) is 0 Å². The Morgan fingerprint density at radius 1 is 1.11 bits per heavy atom. The van der Waals surface area contributed by atoms with Gasteiger partial charge >= 0.3 is 5.97 Å². The van der Waals surface area contributed by atoms with Gasteiger partial charge in [-0.05, 0) is 32.9 Å². The van der Waals surface area contributed by atoms with Crippen LogP contribution in [-0.2, 0) is 16.1 Å². The average molecular weight is 252 g/mol. The Hall–Kier alpha value is -1.71. The van der Waals surface area contributed by atoms with Gasteiger partial charge in [-0.3, -0.25) is 4.79 Å². The van der Waals surface area contributed by atoms with Crippen LogP contribution in [0.25, 0.3) is 0 Å². The van der Waals surface area contributed by atoms with Crippen LogP contribution in [0.4, 0.5) is 0 Å². The van der Waals surface area contributed by atoms with E-state index >= 15 is 0 Å². The number of methoxy groups -OCH3 is 2. The smallest absolute Gasteiger partial charge is 0.311 e. The van der Waals surface area contributed by atoms with Crippen molar-refractivity contribution in [3.8, 4) is 11.5 Å². The van der Waals surface area contributed by atoms with Gasteiger partial charge in [0.2, 0.25) is 0 Å². The first-order valence-corrected chi connectivity index (χ1v) is 5.77. The lowest BCUT2D eigenvalue weighted by molar-refractivity contribution is -0.154. The van der Waals surface area contributed by atoms with Gasteiger partial charge in [-0.25, -0.2) is 0 Å². The third kappa shape index (κ3) is 3.39. The summed E-state index contributed by atoms with van der Waals surface area (Å²) in [6.45, 7) is 5.58. The molecular formula is C14H20O4. The maximum Gasteiger partial charge on any atom is 0.311 e. The number of benzene rings is 1. The molecule has 100 valence electrons. The summed E-state index contributed by atoms with van der Waals surface area (Å²) in [6.07, 6.45) is 0. The Labute approximate surface area is 108 Å². The number of esters is 1. The van der Waals surface area contributed by atoms with Crippen LogP contribution in [0.2, 0.25) is 0 Å². The van der Waals surface area contributed by atoms with Crippen LogP contribution in [-0.4, -0.2) is 20.2 Å². The second kappa shape index (κ2) is 5.76. The normalized spacial score (nSPS) is 10.9. The lowest BCUT2D eigenvalue weighted by atomic mass is 9.97. The highest BCUT2D eigenvalue weighted by Crippen LogP contribution is 2.29. The van der Waals surface area contributed by atoms with Gasteiger partial charge in [0, 0.05) is 0 Å². The highest BCUT2D eigenvalue weighted by atomic mass is 16.5. The Kier molecular flexibility index (Phi) is 4.59. The van der Waals surface area contributed by atoms with E-state index in [0.29, 0.717) is 11.5 Å². The summed E-state index contributed by atoms with van der Waals surface area (Å²) in [5.41, 5.74) is 0.218. The summed E-state index contributed by atoms with van der Waals surface area (Å²) in [4.78, 5) is 11.7. The predicted molar refractivity (Wildman–Crippen MR) is 68.8 cm³/mol. The Morgan fingerprint density at radius 3 is 2.00 bits per heavy atom. The minimum atomic E-state index is -0.519. The van der Waals surface area contributed by atoms with Crippen molar-refractivity contribution in [1.82, 2.24) is 0 Å². The lowest BCUT2D eigenvalue weighted by Crippen LogP contribution is -2.22. The first kappa shape index (κ1) is 14.4. The molecule has 18 heavy (non-hydrogen) atoms. The summed E-state index contributed by atoms with van der Waals surface area (Å²) in [7, 11) is 3.15. The third-order valence-electron chi connectivity index (χ3n) is 2.49. The number of carbonyl (C=O) groups is 1. The number of rotatable bonds is 4. The van der Waals surface area contributed by atoms with E-state index in [1.807, 2.05) is 39.0 Å². The fourth-order valence-electron chi connectivity index (χ4n) is 1.42. The largest absolute Gasteiger partial charge is 0.496 e. The van der Waals surface area contributed by atoms with Crippen molar-refractivity contribution in [2.75, 3.05) is 14.2 Å². The molecule has 0 unspecified atom stereocenters. The lowest BCUT2D eigenvalue weighted by Gasteiger charge is -2.18. The quantitative estimate of drug-likeness (QED) is 0.773. The monoisotopic (exact) mass is 252 g/mol. The molecule has 0 radical (unpaired) electrons. The maximum absolute atomic E-state index is 11.7. The molecule has 0 amide bonds. The summed E-state index contributed by atoms with van der Waals surface area (Å²) >= 11 is 0. The number of ether oxygens (including phenoxy) is 3. The van der Waals surface area contributed by atoms with Crippen molar-refractivity contribution in [3.63, 3.8) is 0 Å². The minimum absolute atomic E-state index is 0.142. The van der Waals surface area contributed by atoms with E-state index in [0.717, 1.165) is 5.56 Å². The van der Waals surface area contributed by atoms with Gasteiger partial charge in [0.25, 0.3) is 0 Å². The molecule has 0 aromatic heterocycles. The minimum Gasteiger partial charge on any atom is -0.496 e. The van der Waals surface area contributed by atoms with Crippen molar-refractivity contribution in [2.45, 2.75) is 27.4 Å². The molecule has 1 aromatic rings. The Balaban J connectivity index is 2.87. The van der Waals surface area contributed by atoms with Crippen LogP contribution >= 0.6 is 0 Å². The molecule has 0 saturated heterocycles. The zero-order valence-electron chi connectivity index (χ0n) is 11.6. The second-order valence-electron chi connectivity index (χ2n) is 4.97. The molecule has 0 bridgehead atoms. The molecule has 0 aliphatic carbocycles.